The number of carbonyl (C=O) groups excluding carboxylic acids is 1. The summed E-state index contributed by atoms with van der Waals surface area (Å²) in [5.41, 5.74) is -0.321. The summed E-state index contributed by atoms with van der Waals surface area (Å²) >= 11 is 0. The van der Waals surface area contributed by atoms with Gasteiger partial charge < -0.3 is 10.2 Å². The lowest BCUT2D eigenvalue weighted by molar-refractivity contribution is -0.385. The SMILES string of the molecule is O=C(c1ccc([N+](=O)[O-])cc1F)N1CCC2(CCNC2)C1. The lowest BCUT2D eigenvalue weighted by Gasteiger charge is -2.22. The minimum Gasteiger partial charge on any atom is -0.338 e. The number of halogens is 1. The first-order chi connectivity index (χ1) is 10.0. The molecule has 1 aromatic carbocycles. The molecule has 2 fully saturated rings. The fourth-order valence-electron chi connectivity index (χ4n) is 3.21. The smallest absolute Gasteiger partial charge is 0.272 e. The largest absolute Gasteiger partial charge is 0.338 e. The van der Waals surface area contributed by atoms with Crippen LogP contribution < -0.4 is 5.32 Å². The molecule has 1 unspecified atom stereocenters. The summed E-state index contributed by atoms with van der Waals surface area (Å²) in [6.45, 7) is 3.07. The van der Waals surface area contributed by atoms with Crippen molar-refractivity contribution in [3.63, 3.8) is 0 Å². The average molecular weight is 293 g/mol. The molecule has 7 heteroatoms. The highest BCUT2D eigenvalue weighted by Gasteiger charge is 2.42. The van der Waals surface area contributed by atoms with Gasteiger partial charge in [-0.1, -0.05) is 0 Å². The second-order valence-corrected chi connectivity index (χ2v) is 5.82. The summed E-state index contributed by atoms with van der Waals surface area (Å²) < 4.78 is 13.9. The number of non-ortho nitro benzene ring substituents is 1. The Morgan fingerprint density at radius 3 is 2.86 bits per heavy atom. The van der Waals surface area contributed by atoms with Gasteiger partial charge in [0, 0.05) is 31.1 Å². The van der Waals surface area contributed by atoms with Crippen molar-refractivity contribution < 1.29 is 14.1 Å². The molecule has 1 amide bonds. The van der Waals surface area contributed by atoms with Crippen LogP contribution in [0.15, 0.2) is 18.2 Å². The van der Waals surface area contributed by atoms with Crippen molar-refractivity contribution >= 4 is 11.6 Å². The molecule has 0 aromatic heterocycles. The summed E-state index contributed by atoms with van der Waals surface area (Å²) in [6.07, 6.45) is 1.94. The summed E-state index contributed by atoms with van der Waals surface area (Å²) in [4.78, 5) is 24.0. The Kier molecular flexibility index (Phi) is 3.36. The maximum atomic E-state index is 13.9. The maximum absolute atomic E-state index is 13.9. The van der Waals surface area contributed by atoms with E-state index in [-0.39, 0.29) is 22.6 Å². The number of hydrogen-bond acceptors (Lipinski definition) is 4. The molecule has 2 heterocycles. The summed E-state index contributed by atoms with van der Waals surface area (Å²) in [5, 5.41) is 13.9. The molecule has 6 nitrogen and oxygen atoms in total. The molecule has 2 aliphatic rings. The van der Waals surface area contributed by atoms with Crippen molar-refractivity contribution in [2.24, 2.45) is 5.41 Å². The summed E-state index contributed by atoms with van der Waals surface area (Å²) in [7, 11) is 0. The number of benzene rings is 1. The van der Waals surface area contributed by atoms with Gasteiger partial charge >= 0.3 is 0 Å². The predicted octanol–water partition coefficient (Wildman–Crippen LogP) is 1.56. The van der Waals surface area contributed by atoms with Crippen LogP contribution in [-0.2, 0) is 0 Å². The van der Waals surface area contributed by atoms with Gasteiger partial charge in [-0.2, -0.15) is 0 Å². The van der Waals surface area contributed by atoms with E-state index in [9.17, 15) is 19.3 Å². The molecule has 0 aliphatic carbocycles. The minimum atomic E-state index is -0.834. The van der Waals surface area contributed by atoms with E-state index < -0.39 is 10.7 Å². The monoisotopic (exact) mass is 293 g/mol. The van der Waals surface area contributed by atoms with Gasteiger partial charge in [-0.05, 0) is 25.5 Å². The summed E-state index contributed by atoms with van der Waals surface area (Å²) in [5.74, 6) is -1.22. The zero-order valence-electron chi connectivity index (χ0n) is 11.5. The second kappa shape index (κ2) is 5.07. The fourth-order valence-corrected chi connectivity index (χ4v) is 3.21. The van der Waals surface area contributed by atoms with Crippen molar-refractivity contribution in [1.29, 1.82) is 0 Å². The Labute approximate surface area is 121 Å². The number of hydrogen-bond donors (Lipinski definition) is 1. The maximum Gasteiger partial charge on any atom is 0.272 e. The van der Waals surface area contributed by atoms with Crippen LogP contribution in [0.25, 0.3) is 0 Å². The van der Waals surface area contributed by atoms with Gasteiger partial charge in [0.25, 0.3) is 11.6 Å². The number of nitrogens with zero attached hydrogens (tertiary/aromatic N) is 2. The van der Waals surface area contributed by atoms with E-state index >= 15 is 0 Å². The first-order valence-corrected chi connectivity index (χ1v) is 6.95. The van der Waals surface area contributed by atoms with E-state index in [0.717, 1.165) is 32.0 Å². The quantitative estimate of drug-likeness (QED) is 0.663. The number of carbonyl (C=O) groups is 1. The van der Waals surface area contributed by atoms with Gasteiger partial charge in [-0.25, -0.2) is 4.39 Å². The Morgan fingerprint density at radius 2 is 2.24 bits per heavy atom. The van der Waals surface area contributed by atoms with E-state index in [1.54, 1.807) is 4.90 Å². The molecule has 3 rings (SSSR count). The van der Waals surface area contributed by atoms with Crippen LogP contribution >= 0.6 is 0 Å². The third-order valence-corrected chi connectivity index (χ3v) is 4.45. The molecule has 1 spiro atoms. The number of amides is 1. The van der Waals surface area contributed by atoms with Crippen LogP contribution in [0.2, 0.25) is 0 Å². The van der Waals surface area contributed by atoms with Crippen LogP contribution in [0.3, 0.4) is 0 Å². The van der Waals surface area contributed by atoms with Crippen LogP contribution in [0, 0.1) is 21.3 Å². The molecule has 21 heavy (non-hydrogen) atoms. The summed E-state index contributed by atoms with van der Waals surface area (Å²) in [6, 6.07) is 3.17. The normalized spacial score (nSPS) is 24.7. The molecule has 2 aliphatic heterocycles. The molecule has 2 saturated heterocycles. The number of nitro benzene ring substituents is 1. The van der Waals surface area contributed by atoms with Crippen molar-refractivity contribution in [2.75, 3.05) is 26.2 Å². The number of nitro groups is 1. The average Bonchev–Trinajstić information content (AvgIpc) is 3.09. The number of likely N-dealkylation sites (tertiary alicyclic amines) is 1. The third-order valence-electron chi connectivity index (χ3n) is 4.45. The first-order valence-electron chi connectivity index (χ1n) is 6.95. The Hall–Kier alpha value is -2.02. The lowest BCUT2D eigenvalue weighted by atomic mass is 9.86. The van der Waals surface area contributed by atoms with Gasteiger partial charge in [0.2, 0.25) is 0 Å². The van der Waals surface area contributed by atoms with Crippen molar-refractivity contribution in [2.45, 2.75) is 12.8 Å². The second-order valence-electron chi connectivity index (χ2n) is 5.82. The first kappa shape index (κ1) is 13.9. The Balaban J connectivity index is 1.78. The third kappa shape index (κ3) is 2.49. The fraction of sp³-hybridized carbons (Fsp3) is 0.500. The molecular formula is C14H16FN3O3. The molecular weight excluding hydrogens is 277 g/mol. The highest BCUT2D eigenvalue weighted by molar-refractivity contribution is 5.95. The highest BCUT2D eigenvalue weighted by atomic mass is 19.1. The minimum absolute atomic E-state index is 0.0939. The Morgan fingerprint density at radius 1 is 1.43 bits per heavy atom. The van der Waals surface area contributed by atoms with E-state index in [1.165, 1.54) is 12.1 Å². The molecule has 0 saturated carbocycles. The molecule has 0 radical (unpaired) electrons. The van der Waals surface area contributed by atoms with Gasteiger partial charge in [-0.3, -0.25) is 14.9 Å². The van der Waals surface area contributed by atoms with Crippen molar-refractivity contribution in [1.82, 2.24) is 10.2 Å². The van der Waals surface area contributed by atoms with Gasteiger partial charge in [0.1, 0.15) is 5.82 Å². The van der Waals surface area contributed by atoms with E-state index in [2.05, 4.69) is 5.32 Å². The molecule has 1 atom stereocenters. The zero-order valence-corrected chi connectivity index (χ0v) is 11.5. The van der Waals surface area contributed by atoms with Gasteiger partial charge in [-0.15, -0.1) is 0 Å². The van der Waals surface area contributed by atoms with E-state index in [1.807, 2.05) is 0 Å². The molecule has 1 N–H and O–H groups in total. The number of nitrogens with one attached hydrogen (secondary N) is 1. The van der Waals surface area contributed by atoms with Crippen LogP contribution in [0.5, 0.6) is 0 Å². The molecule has 112 valence electrons. The lowest BCUT2D eigenvalue weighted by Crippen LogP contribution is -2.33. The van der Waals surface area contributed by atoms with E-state index in [4.69, 9.17) is 0 Å². The number of rotatable bonds is 2. The van der Waals surface area contributed by atoms with Crippen molar-refractivity contribution in [3.8, 4) is 0 Å². The van der Waals surface area contributed by atoms with Crippen LogP contribution in [0.1, 0.15) is 23.2 Å². The Bertz CT molecular complexity index is 599. The predicted molar refractivity (Wildman–Crippen MR) is 73.5 cm³/mol. The standard InChI is InChI=1S/C14H16FN3O3/c15-12-7-10(18(20)21)1-2-11(12)13(19)17-6-4-14(9-17)3-5-16-8-14/h1-2,7,16H,3-6,8-9H2. The van der Waals surface area contributed by atoms with Crippen LogP contribution in [-0.4, -0.2) is 41.9 Å². The highest BCUT2D eigenvalue weighted by Crippen LogP contribution is 2.36. The van der Waals surface area contributed by atoms with Gasteiger partial charge in [0.05, 0.1) is 16.6 Å². The van der Waals surface area contributed by atoms with Gasteiger partial charge in [0.15, 0.2) is 0 Å². The van der Waals surface area contributed by atoms with Crippen molar-refractivity contribution in [3.05, 3.63) is 39.7 Å². The topological polar surface area (TPSA) is 75.5 Å². The van der Waals surface area contributed by atoms with Crippen LogP contribution in [0.4, 0.5) is 10.1 Å². The molecule has 0 bridgehead atoms. The molecule has 1 aromatic rings. The van der Waals surface area contributed by atoms with E-state index in [0.29, 0.717) is 13.1 Å². The zero-order chi connectivity index (χ0) is 15.0.